The van der Waals surface area contributed by atoms with E-state index >= 15 is 0 Å². The smallest absolute Gasteiger partial charge is 0.264 e. The van der Waals surface area contributed by atoms with Crippen molar-refractivity contribution in [2.45, 2.75) is 51.6 Å². The lowest BCUT2D eigenvalue weighted by Crippen LogP contribution is -2.51. The van der Waals surface area contributed by atoms with Crippen molar-refractivity contribution in [2.75, 3.05) is 17.4 Å². The molecule has 9 heteroatoms. The number of hydrogen-bond acceptors (Lipinski definition) is 4. The summed E-state index contributed by atoms with van der Waals surface area (Å²) in [6.07, 6.45) is 0.586. The van der Waals surface area contributed by atoms with Crippen LogP contribution in [0, 0.1) is 6.92 Å². The molecule has 0 spiro atoms. The van der Waals surface area contributed by atoms with E-state index in [1.807, 2.05) is 57.2 Å². The maximum absolute atomic E-state index is 13.9. The van der Waals surface area contributed by atoms with E-state index in [4.69, 9.17) is 0 Å². The normalized spacial score (nSPS) is 12.0. The average molecular weight is 601 g/mol. The molecule has 7 nitrogen and oxygen atoms in total. The SMILES string of the molecule is CCNC(=O)[C@@H](C)N(Cc1ccc(Br)cc1)C(=O)CN(c1ccccc1CC)S(=O)(=O)c1ccc(C)cc1. The highest BCUT2D eigenvalue weighted by Crippen LogP contribution is 2.28. The van der Waals surface area contributed by atoms with Gasteiger partial charge in [0.2, 0.25) is 11.8 Å². The molecule has 0 fully saturated rings. The average Bonchev–Trinajstić information content (AvgIpc) is 2.91. The summed E-state index contributed by atoms with van der Waals surface area (Å²) in [5.74, 6) is -0.784. The number of aryl methyl sites for hydroxylation is 2. The van der Waals surface area contributed by atoms with Crippen LogP contribution in [0.4, 0.5) is 5.69 Å². The molecule has 0 saturated heterocycles. The number of anilines is 1. The van der Waals surface area contributed by atoms with E-state index in [1.165, 1.54) is 4.90 Å². The molecule has 0 heterocycles. The summed E-state index contributed by atoms with van der Waals surface area (Å²) >= 11 is 3.42. The van der Waals surface area contributed by atoms with E-state index in [9.17, 15) is 18.0 Å². The minimum absolute atomic E-state index is 0.0954. The highest BCUT2D eigenvalue weighted by atomic mass is 79.9. The maximum atomic E-state index is 13.9. The lowest BCUT2D eigenvalue weighted by atomic mass is 10.1. The molecule has 0 unspecified atom stereocenters. The second-order valence-electron chi connectivity index (χ2n) is 9.03. The van der Waals surface area contributed by atoms with Crippen LogP contribution in [-0.2, 0) is 32.6 Å². The number of sulfonamides is 1. The molecule has 3 rings (SSSR count). The lowest BCUT2D eigenvalue weighted by Gasteiger charge is -2.32. The summed E-state index contributed by atoms with van der Waals surface area (Å²) < 4.78 is 29.9. The molecule has 0 aliphatic heterocycles. The number of nitrogens with one attached hydrogen (secondary N) is 1. The second-order valence-corrected chi connectivity index (χ2v) is 11.8. The fraction of sp³-hybridized carbons (Fsp3) is 0.310. The van der Waals surface area contributed by atoms with Gasteiger partial charge in [-0.05, 0) is 68.7 Å². The van der Waals surface area contributed by atoms with Crippen molar-refractivity contribution < 1.29 is 18.0 Å². The van der Waals surface area contributed by atoms with E-state index in [1.54, 1.807) is 43.3 Å². The van der Waals surface area contributed by atoms with E-state index in [0.29, 0.717) is 18.7 Å². The minimum Gasteiger partial charge on any atom is -0.355 e. The second kappa shape index (κ2) is 13.1. The summed E-state index contributed by atoms with van der Waals surface area (Å²) in [6.45, 7) is 7.40. The molecule has 0 aliphatic rings. The monoisotopic (exact) mass is 599 g/mol. The number of carbonyl (C=O) groups excluding carboxylic acids is 2. The first-order valence-electron chi connectivity index (χ1n) is 12.6. The summed E-state index contributed by atoms with van der Waals surface area (Å²) in [5.41, 5.74) is 2.99. The van der Waals surface area contributed by atoms with Crippen LogP contribution in [-0.4, -0.2) is 44.3 Å². The van der Waals surface area contributed by atoms with Gasteiger partial charge in [-0.1, -0.05) is 70.9 Å². The summed E-state index contributed by atoms with van der Waals surface area (Å²) in [7, 11) is -4.09. The molecule has 202 valence electrons. The topological polar surface area (TPSA) is 86.8 Å². The van der Waals surface area contributed by atoms with Gasteiger partial charge in [-0.15, -0.1) is 0 Å². The fourth-order valence-electron chi connectivity index (χ4n) is 4.09. The third kappa shape index (κ3) is 7.02. The molecule has 1 N–H and O–H groups in total. The van der Waals surface area contributed by atoms with Crippen LogP contribution in [0.3, 0.4) is 0 Å². The summed E-state index contributed by atoms with van der Waals surface area (Å²) in [5, 5.41) is 2.77. The van der Waals surface area contributed by atoms with Crippen molar-refractivity contribution in [2.24, 2.45) is 0 Å². The van der Waals surface area contributed by atoms with Gasteiger partial charge in [-0.3, -0.25) is 13.9 Å². The van der Waals surface area contributed by atoms with E-state index in [0.717, 1.165) is 25.5 Å². The van der Waals surface area contributed by atoms with Gasteiger partial charge in [0.15, 0.2) is 0 Å². The van der Waals surface area contributed by atoms with Gasteiger partial charge in [-0.25, -0.2) is 8.42 Å². The van der Waals surface area contributed by atoms with Crippen LogP contribution in [0.15, 0.2) is 82.2 Å². The zero-order chi connectivity index (χ0) is 27.9. The van der Waals surface area contributed by atoms with Gasteiger partial charge < -0.3 is 10.2 Å². The lowest BCUT2D eigenvalue weighted by molar-refractivity contribution is -0.139. The predicted octanol–water partition coefficient (Wildman–Crippen LogP) is 5.07. The Hall–Kier alpha value is -3.17. The van der Waals surface area contributed by atoms with Crippen LogP contribution in [0.5, 0.6) is 0 Å². The number of amides is 2. The van der Waals surface area contributed by atoms with Crippen LogP contribution < -0.4 is 9.62 Å². The van der Waals surface area contributed by atoms with Crippen LogP contribution >= 0.6 is 15.9 Å². The zero-order valence-corrected chi connectivity index (χ0v) is 24.6. The van der Waals surface area contributed by atoms with E-state index < -0.39 is 28.5 Å². The molecule has 0 bridgehead atoms. The fourth-order valence-corrected chi connectivity index (χ4v) is 5.81. The first-order chi connectivity index (χ1) is 18.1. The van der Waals surface area contributed by atoms with Gasteiger partial charge in [0.1, 0.15) is 12.6 Å². The molecule has 0 aromatic heterocycles. The van der Waals surface area contributed by atoms with Crippen molar-refractivity contribution in [3.8, 4) is 0 Å². The highest BCUT2D eigenvalue weighted by Gasteiger charge is 2.33. The molecule has 0 saturated carbocycles. The maximum Gasteiger partial charge on any atom is 0.264 e. The number of rotatable bonds is 11. The third-order valence-corrected chi connectivity index (χ3v) is 8.62. The Balaban J connectivity index is 2.06. The number of likely N-dealkylation sites (N-methyl/N-ethyl adjacent to an activating group) is 1. The number of hydrogen-bond donors (Lipinski definition) is 1. The van der Waals surface area contributed by atoms with Crippen molar-refractivity contribution in [1.82, 2.24) is 10.2 Å². The van der Waals surface area contributed by atoms with Crippen molar-refractivity contribution >= 4 is 43.5 Å². The minimum atomic E-state index is -4.09. The molecular formula is C29H34BrN3O4S. The number of benzene rings is 3. The van der Waals surface area contributed by atoms with E-state index in [2.05, 4.69) is 21.2 Å². The number of carbonyl (C=O) groups is 2. The third-order valence-electron chi connectivity index (χ3n) is 6.31. The Morgan fingerprint density at radius 3 is 2.18 bits per heavy atom. The summed E-state index contributed by atoms with van der Waals surface area (Å²) in [4.78, 5) is 28.2. The zero-order valence-electron chi connectivity index (χ0n) is 22.1. The number of halogens is 1. The van der Waals surface area contributed by atoms with Crippen LogP contribution in [0.2, 0.25) is 0 Å². The van der Waals surface area contributed by atoms with E-state index in [-0.39, 0.29) is 17.3 Å². The molecule has 2 amide bonds. The van der Waals surface area contributed by atoms with Crippen molar-refractivity contribution in [3.63, 3.8) is 0 Å². The largest absolute Gasteiger partial charge is 0.355 e. The molecule has 3 aromatic carbocycles. The molecule has 3 aromatic rings. The number of nitrogens with zero attached hydrogens (tertiary/aromatic N) is 2. The van der Waals surface area contributed by atoms with Gasteiger partial charge >= 0.3 is 0 Å². The van der Waals surface area contributed by atoms with Crippen molar-refractivity contribution in [1.29, 1.82) is 0 Å². The molecule has 0 aliphatic carbocycles. The van der Waals surface area contributed by atoms with Crippen molar-refractivity contribution in [3.05, 3.63) is 94.0 Å². The van der Waals surface area contributed by atoms with Gasteiger partial charge in [0.05, 0.1) is 10.6 Å². The highest BCUT2D eigenvalue weighted by molar-refractivity contribution is 9.10. The standard InChI is InChI=1S/C29H34BrN3O4S/c1-5-24-9-7-8-10-27(24)33(38(36,37)26-17-11-21(3)12-18-26)20-28(34)32(22(4)29(35)31-6-2)19-23-13-15-25(30)16-14-23/h7-18,22H,5-6,19-20H2,1-4H3,(H,31,35)/t22-/m1/s1. The van der Waals surface area contributed by atoms with Gasteiger partial charge in [-0.2, -0.15) is 0 Å². The Morgan fingerprint density at radius 1 is 0.947 bits per heavy atom. The van der Waals surface area contributed by atoms with Crippen LogP contribution in [0.1, 0.15) is 37.5 Å². The van der Waals surface area contributed by atoms with Gasteiger partial charge in [0, 0.05) is 17.6 Å². The predicted molar refractivity (Wildman–Crippen MR) is 154 cm³/mol. The summed E-state index contributed by atoms with van der Waals surface area (Å²) in [6, 6.07) is 20.4. The molecule has 1 atom stereocenters. The Kier molecular flexibility index (Phi) is 10.1. The quantitative estimate of drug-likeness (QED) is 0.333. The van der Waals surface area contributed by atoms with Gasteiger partial charge in [0.25, 0.3) is 10.0 Å². The van der Waals surface area contributed by atoms with Crippen LogP contribution in [0.25, 0.3) is 0 Å². The molecule has 38 heavy (non-hydrogen) atoms. The Bertz CT molecular complexity index is 1360. The Labute approximate surface area is 234 Å². The Morgan fingerprint density at radius 2 is 1.58 bits per heavy atom. The molecule has 0 radical (unpaired) electrons. The first-order valence-corrected chi connectivity index (χ1v) is 14.8. The molecular weight excluding hydrogens is 566 g/mol. The number of para-hydroxylation sites is 1. The first kappa shape index (κ1) is 29.4.